The van der Waals surface area contributed by atoms with Crippen LogP contribution < -0.4 is 0 Å². The number of nitrogens with zero attached hydrogens (tertiary/aromatic N) is 1. The summed E-state index contributed by atoms with van der Waals surface area (Å²) in [5, 5.41) is 8.53. The minimum absolute atomic E-state index is 0.268. The van der Waals surface area contributed by atoms with Crippen LogP contribution >= 0.6 is 0 Å². The van der Waals surface area contributed by atoms with E-state index in [0.29, 0.717) is 6.54 Å². The minimum Gasteiger partial charge on any atom is -0.481 e. The first-order valence-corrected chi connectivity index (χ1v) is 5.14. The molecule has 0 aliphatic carbocycles. The molecule has 0 saturated heterocycles. The molecule has 0 aliphatic heterocycles. The van der Waals surface area contributed by atoms with Crippen molar-refractivity contribution in [1.29, 1.82) is 0 Å². The minimum atomic E-state index is -0.697. The van der Waals surface area contributed by atoms with Crippen LogP contribution in [-0.2, 0) is 4.79 Å². The van der Waals surface area contributed by atoms with Crippen molar-refractivity contribution >= 4 is 5.97 Å². The zero-order valence-corrected chi connectivity index (χ0v) is 8.75. The van der Waals surface area contributed by atoms with Gasteiger partial charge in [-0.1, -0.05) is 20.3 Å². The van der Waals surface area contributed by atoms with E-state index in [1.165, 1.54) is 12.8 Å². The Labute approximate surface area is 80.7 Å². The van der Waals surface area contributed by atoms with E-state index in [0.717, 1.165) is 19.5 Å². The van der Waals surface area contributed by atoms with Gasteiger partial charge in [-0.3, -0.25) is 4.79 Å². The molecule has 0 rings (SSSR count). The Balaban J connectivity index is 3.59. The lowest BCUT2D eigenvalue weighted by molar-refractivity contribution is -0.137. The van der Waals surface area contributed by atoms with Gasteiger partial charge in [0.1, 0.15) is 0 Å². The van der Waals surface area contributed by atoms with Gasteiger partial charge < -0.3 is 10.0 Å². The molecule has 78 valence electrons. The van der Waals surface area contributed by atoms with Gasteiger partial charge in [0.25, 0.3) is 0 Å². The van der Waals surface area contributed by atoms with Crippen molar-refractivity contribution in [2.75, 3.05) is 19.6 Å². The Morgan fingerprint density at radius 2 is 1.85 bits per heavy atom. The lowest BCUT2D eigenvalue weighted by atomic mass is 10.3. The molecule has 3 heteroatoms. The van der Waals surface area contributed by atoms with Crippen LogP contribution in [0, 0.1) is 0 Å². The summed E-state index contributed by atoms with van der Waals surface area (Å²) in [5.74, 6) is -0.697. The van der Waals surface area contributed by atoms with Crippen molar-refractivity contribution in [1.82, 2.24) is 4.90 Å². The zero-order chi connectivity index (χ0) is 10.1. The molecule has 0 aromatic heterocycles. The van der Waals surface area contributed by atoms with Crippen LogP contribution in [-0.4, -0.2) is 35.6 Å². The van der Waals surface area contributed by atoms with E-state index in [1.54, 1.807) is 0 Å². The normalized spacial score (nSPS) is 10.7. The molecular formula is C10H21NO2. The van der Waals surface area contributed by atoms with Gasteiger partial charge in [-0.05, 0) is 25.9 Å². The Bertz CT molecular complexity index is 137. The molecule has 0 radical (unpaired) electrons. The number of unbranched alkanes of at least 4 members (excludes halogenated alkanes) is 1. The number of hydrogen-bond acceptors (Lipinski definition) is 2. The summed E-state index contributed by atoms with van der Waals surface area (Å²) in [4.78, 5) is 12.6. The molecule has 0 bridgehead atoms. The molecule has 0 aliphatic rings. The van der Waals surface area contributed by atoms with Gasteiger partial charge in [0.05, 0.1) is 6.42 Å². The summed E-state index contributed by atoms with van der Waals surface area (Å²) in [6.45, 7) is 7.04. The Morgan fingerprint density at radius 1 is 1.15 bits per heavy atom. The molecule has 0 heterocycles. The monoisotopic (exact) mass is 187 g/mol. The average Bonchev–Trinajstić information content (AvgIpc) is 2.09. The molecule has 0 aromatic rings. The molecule has 0 amide bonds. The quantitative estimate of drug-likeness (QED) is 0.631. The number of carboxylic acid groups (broad SMARTS) is 1. The first-order chi connectivity index (χ1) is 6.20. The average molecular weight is 187 g/mol. The van der Waals surface area contributed by atoms with Crippen molar-refractivity contribution in [3.63, 3.8) is 0 Å². The highest BCUT2D eigenvalue weighted by molar-refractivity contribution is 5.66. The smallest absolute Gasteiger partial charge is 0.304 e. The third-order valence-electron chi connectivity index (χ3n) is 2.01. The van der Waals surface area contributed by atoms with Crippen LogP contribution in [0.2, 0.25) is 0 Å². The molecule has 3 nitrogen and oxygen atoms in total. The number of carboxylic acids is 1. The standard InChI is InChI=1S/C10H21NO2/c1-3-5-8-11(7-4-2)9-6-10(12)13/h3-9H2,1-2H3,(H,12,13). The zero-order valence-electron chi connectivity index (χ0n) is 8.75. The highest BCUT2D eigenvalue weighted by atomic mass is 16.4. The van der Waals surface area contributed by atoms with Crippen molar-refractivity contribution in [3.8, 4) is 0 Å². The molecular weight excluding hydrogens is 166 g/mol. The molecule has 0 unspecified atom stereocenters. The lowest BCUT2D eigenvalue weighted by Crippen LogP contribution is -2.28. The Hall–Kier alpha value is -0.570. The molecule has 0 spiro atoms. The Kier molecular flexibility index (Phi) is 7.69. The van der Waals surface area contributed by atoms with Crippen LogP contribution in [0.4, 0.5) is 0 Å². The SMILES string of the molecule is CCCCN(CCC)CCC(=O)O. The maximum absolute atomic E-state index is 10.4. The van der Waals surface area contributed by atoms with E-state index in [4.69, 9.17) is 5.11 Å². The van der Waals surface area contributed by atoms with Crippen LogP contribution in [0.1, 0.15) is 39.5 Å². The van der Waals surface area contributed by atoms with E-state index in [1.807, 2.05) is 0 Å². The van der Waals surface area contributed by atoms with Gasteiger partial charge in [-0.15, -0.1) is 0 Å². The maximum Gasteiger partial charge on any atom is 0.304 e. The first-order valence-electron chi connectivity index (χ1n) is 5.14. The van der Waals surface area contributed by atoms with Crippen LogP contribution in [0.3, 0.4) is 0 Å². The van der Waals surface area contributed by atoms with E-state index in [9.17, 15) is 4.79 Å². The van der Waals surface area contributed by atoms with E-state index < -0.39 is 5.97 Å². The van der Waals surface area contributed by atoms with Crippen LogP contribution in [0.25, 0.3) is 0 Å². The number of rotatable bonds is 8. The van der Waals surface area contributed by atoms with Gasteiger partial charge >= 0.3 is 5.97 Å². The van der Waals surface area contributed by atoms with Crippen molar-refractivity contribution in [3.05, 3.63) is 0 Å². The summed E-state index contributed by atoms with van der Waals surface area (Å²) < 4.78 is 0. The maximum atomic E-state index is 10.4. The highest BCUT2D eigenvalue weighted by Crippen LogP contribution is 1.98. The van der Waals surface area contributed by atoms with Crippen molar-refractivity contribution < 1.29 is 9.90 Å². The van der Waals surface area contributed by atoms with Gasteiger partial charge in [0.15, 0.2) is 0 Å². The molecule has 0 aromatic carbocycles. The predicted octanol–water partition coefficient (Wildman–Crippen LogP) is 1.97. The van der Waals surface area contributed by atoms with Crippen LogP contribution in [0.5, 0.6) is 0 Å². The summed E-state index contributed by atoms with van der Waals surface area (Å²) in [6.07, 6.45) is 3.71. The Morgan fingerprint density at radius 3 is 2.31 bits per heavy atom. The third kappa shape index (κ3) is 7.78. The summed E-state index contributed by atoms with van der Waals surface area (Å²) in [6, 6.07) is 0. The van der Waals surface area contributed by atoms with Gasteiger partial charge in [0, 0.05) is 6.54 Å². The summed E-state index contributed by atoms with van der Waals surface area (Å²) in [5.41, 5.74) is 0. The van der Waals surface area contributed by atoms with Crippen molar-refractivity contribution in [2.24, 2.45) is 0 Å². The largest absolute Gasteiger partial charge is 0.481 e. The first kappa shape index (κ1) is 12.4. The summed E-state index contributed by atoms with van der Waals surface area (Å²) >= 11 is 0. The molecule has 13 heavy (non-hydrogen) atoms. The number of aliphatic carboxylic acids is 1. The number of carbonyl (C=O) groups is 1. The molecule has 0 atom stereocenters. The van der Waals surface area contributed by atoms with E-state index in [2.05, 4.69) is 18.7 Å². The second-order valence-electron chi connectivity index (χ2n) is 3.34. The van der Waals surface area contributed by atoms with Crippen LogP contribution in [0.15, 0.2) is 0 Å². The van der Waals surface area contributed by atoms with Gasteiger partial charge in [-0.2, -0.15) is 0 Å². The van der Waals surface area contributed by atoms with E-state index >= 15 is 0 Å². The molecule has 0 fully saturated rings. The van der Waals surface area contributed by atoms with E-state index in [-0.39, 0.29) is 6.42 Å². The third-order valence-corrected chi connectivity index (χ3v) is 2.01. The molecule has 1 N–H and O–H groups in total. The highest BCUT2D eigenvalue weighted by Gasteiger charge is 2.05. The fourth-order valence-electron chi connectivity index (χ4n) is 1.29. The predicted molar refractivity (Wildman–Crippen MR) is 53.9 cm³/mol. The molecule has 0 saturated carbocycles. The second kappa shape index (κ2) is 8.05. The fraction of sp³-hybridized carbons (Fsp3) is 0.900. The van der Waals surface area contributed by atoms with Crippen molar-refractivity contribution in [2.45, 2.75) is 39.5 Å². The second-order valence-corrected chi connectivity index (χ2v) is 3.34. The fourth-order valence-corrected chi connectivity index (χ4v) is 1.29. The number of hydrogen-bond donors (Lipinski definition) is 1. The topological polar surface area (TPSA) is 40.5 Å². The van der Waals surface area contributed by atoms with Gasteiger partial charge in [0.2, 0.25) is 0 Å². The van der Waals surface area contributed by atoms with Gasteiger partial charge in [-0.25, -0.2) is 0 Å². The lowest BCUT2D eigenvalue weighted by Gasteiger charge is -2.20. The summed E-state index contributed by atoms with van der Waals surface area (Å²) in [7, 11) is 0.